The maximum atomic E-state index is 12.2. The molecule has 1 aromatic carbocycles. The van der Waals surface area contributed by atoms with Gasteiger partial charge in [0.05, 0.1) is 5.57 Å². The van der Waals surface area contributed by atoms with Gasteiger partial charge in [-0.05, 0) is 31.3 Å². The topological polar surface area (TPSA) is 54.4 Å². The molecule has 3 heteroatoms. The fraction of sp³-hybridized carbons (Fsp3) is 0.250. The maximum Gasteiger partial charge on any atom is 0.237 e. The first-order valence-electron chi connectivity index (χ1n) is 6.51. The van der Waals surface area contributed by atoms with E-state index in [4.69, 9.17) is 0 Å². The molecule has 0 atom stereocenters. The predicted molar refractivity (Wildman–Crippen MR) is 71.9 cm³/mol. The van der Waals surface area contributed by atoms with Crippen LogP contribution in [-0.2, 0) is 4.79 Å². The first-order chi connectivity index (χ1) is 9.20. The third kappa shape index (κ3) is 1.82. The zero-order valence-electron chi connectivity index (χ0n) is 10.5. The van der Waals surface area contributed by atoms with Gasteiger partial charge in [-0.25, -0.2) is 0 Å². The molecule has 2 aliphatic carbocycles. The number of rotatable bonds is 1. The second-order valence-corrected chi connectivity index (χ2v) is 4.90. The van der Waals surface area contributed by atoms with Crippen molar-refractivity contribution in [2.24, 2.45) is 0 Å². The summed E-state index contributed by atoms with van der Waals surface area (Å²) in [7, 11) is 0. The summed E-state index contributed by atoms with van der Waals surface area (Å²) in [5, 5.41) is 10.3. The average molecular weight is 254 g/mol. The van der Waals surface area contributed by atoms with Gasteiger partial charge >= 0.3 is 0 Å². The molecule has 1 N–H and O–H groups in total. The molecule has 0 fully saturated rings. The van der Waals surface area contributed by atoms with Crippen LogP contribution in [0.25, 0.3) is 5.76 Å². The molecular weight excluding hydrogens is 240 g/mol. The van der Waals surface area contributed by atoms with E-state index in [0.29, 0.717) is 11.1 Å². The number of allylic oxidation sites excluding steroid dienone is 3. The van der Waals surface area contributed by atoms with Gasteiger partial charge in [0.2, 0.25) is 11.6 Å². The highest BCUT2D eigenvalue weighted by molar-refractivity contribution is 6.53. The van der Waals surface area contributed by atoms with E-state index in [1.165, 1.54) is 0 Å². The SMILES string of the molecule is O=C1C(=O)c2ccccc2C(O)=C1C1=CCCCC1. The van der Waals surface area contributed by atoms with Crippen LogP contribution < -0.4 is 0 Å². The van der Waals surface area contributed by atoms with E-state index in [1.807, 2.05) is 6.08 Å². The summed E-state index contributed by atoms with van der Waals surface area (Å²) in [5.41, 5.74) is 1.79. The number of hydrogen-bond donors (Lipinski definition) is 1. The number of carbonyl (C=O) groups excluding carboxylic acids is 2. The van der Waals surface area contributed by atoms with Gasteiger partial charge in [0, 0.05) is 11.1 Å². The molecule has 0 saturated carbocycles. The average Bonchev–Trinajstić information content (AvgIpc) is 2.46. The van der Waals surface area contributed by atoms with Crippen molar-refractivity contribution in [2.75, 3.05) is 0 Å². The van der Waals surface area contributed by atoms with Gasteiger partial charge in [-0.15, -0.1) is 0 Å². The summed E-state index contributed by atoms with van der Waals surface area (Å²) in [5.74, 6) is -1.15. The summed E-state index contributed by atoms with van der Waals surface area (Å²) in [4.78, 5) is 24.3. The van der Waals surface area contributed by atoms with Crippen LogP contribution >= 0.6 is 0 Å². The van der Waals surface area contributed by atoms with Gasteiger partial charge in [-0.2, -0.15) is 0 Å². The molecule has 1 aromatic rings. The lowest BCUT2D eigenvalue weighted by atomic mass is 9.82. The van der Waals surface area contributed by atoms with E-state index in [0.717, 1.165) is 31.3 Å². The number of aliphatic hydroxyl groups excluding tert-OH is 1. The smallest absolute Gasteiger partial charge is 0.237 e. The number of benzene rings is 1. The van der Waals surface area contributed by atoms with Crippen LogP contribution in [-0.4, -0.2) is 16.7 Å². The molecule has 2 aliphatic rings. The molecule has 0 saturated heterocycles. The number of fused-ring (bicyclic) bond motifs is 1. The van der Waals surface area contributed by atoms with Gasteiger partial charge < -0.3 is 5.11 Å². The van der Waals surface area contributed by atoms with Crippen molar-refractivity contribution in [1.82, 2.24) is 0 Å². The zero-order valence-corrected chi connectivity index (χ0v) is 10.5. The molecular formula is C16H14O3. The molecule has 19 heavy (non-hydrogen) atoms. The third-order valence-corrected chi connectivity index (χ3v) is 3.71. The first-order valence-corrected chi connectivity index (χ1v) is 6.51. The Balaban J connectivity index is 2.20. The normalized spacial score (nSPS) is 19.3. The molecule has 3 rings (SSSR count). The summed E-state index contributed by atoms with van der Waals surface area (Å²) < 4.78 is 0. The molecule has 0 spiro atoms. The summed E-state index contributed by atoms with van der Waals surface area (Å²) in [6.07, 6.45) is 5.70. The monoisotopic (exact) mass is 254 g/mol. The number of ketones is 2. The lowest BCUT2D eigenvalue weighted by Crippen LogP contribution is -2.25. The van der Waals surface area contributed by atoms with Crippen molar-refractivity contribution in [3.05, 3.63) is 52.6 Å². The molecule has 0 aliphatic heterocycles. The number of hydrogen-bond acceptors (Lipinski definition) is 3. The molecule has 96 valence electrons. The lowest BCUT2D eigenvalue weighted by Gasteiger charge is -2.21. The van der Waals surface area contributed by atoms with Gasteiger partial charge in [0.15, 0.2) is 0 Å². The minimum atomic E-state index is -0.579. The predicted octanol–water partition coefficient (Wildman–Crippen LogP) is 3.22. The van der Waals surface area contributed by atoms with Crippen LogP contribution in [0.4, 0.5) is 0 Å². The minimum absolute atomic E-state index is 0.0478. The molecule has 0 amide bonds. The van der Waals surface area contributed by atoms with E-state index in [-0.39, 0.29) is 11.3 Å². The van der Waals surface area contributed by atoms with Gasteiger partial charge in [0.1, 0.15) is 5.76 Å². The van der Waals surface area contributed by atoms with Crippen LogP contribution in [0.1, 0.15) is 41.6 Å². The number of aliphatic hydroxyl groups is 1. The first kappa shape index (κ1) is 11.9. The highest BCUT2D eigenvalue weighted by Gasteiger charge is 2.34. The van der Waals surface area contributed by atoms with Crippen molar-refractivity contribution in [3.8, 4) is 0 Å². The van der Waals surface area contributed by atoms with Crippen LogP contribution in [0, 0.1) is 0 Å². The van der Waals surface area contributed by atoms with Crippen LogP contribution in [0.15, 0.2) is 41.5 Å². The van der Waals surface area contributed by atoms with Crippen molar-refractivity contribution in [1.29, 1.82) is 0 Å². The van der Waals surface area contributed by atoms with E-state index < -0.39 is 11.6 Å². The molecule has 0 aromatic heterocycles. The van der Waals surface area contributed by atoms with E-state index in [2.05, 4.69) is 0 Å². The lowest BCUT2D eigenvalue weighted by molar-refractivity contribution is -0.111. The van der Waals surface area contributed by atoms with Crippen LogP contribution in [0.3, 0.4) is 0 Å². The Bertz CT molecular complexity index is 635. The Morgan fingerprint density at radius 1 is 0.947 bits per heavy atom. The maximum absolute atomic E-state index is 12.2. The van der Waals surface area contributed by atoms with Crippen LogP contribution in [0.5, 0.6) is 0 Å². The quantitative estimate of drug-likeness (QED) is 0.783. The summed E-state index contributed by atoms with van der Waals surface area (Å²) in [6.45, 7) is 0. The fourth-order valence-electron chi connectivity index (χ4n) is 2.73. The fourth-order valence-corrected chi connectivity index (χ4v) is 2.73. The minimum Gasteiger partial charge on any atom is -0.507 e. The second-order valence-electron chi connectivity index (χ2n) is 4.90. The highest BCUT2D eigenvalue weighted by Crippen LogP contribution is 2.34. The largest absolute Gasteiger partial charge is 0.507 e. The Labute approximate surface area is 111 Å². The van der Waals surface area contributed by atoms with Gasteiger partial charge in [0.25, 0.3) is 0 Å². The number of Topliss-reactive ketones (excluding diaryl/α,β-unsaturated/α-hetero) is 2. The Morgan fingerprint density at radius 3 is 2.37 bits per heavy atom. The summed E-state index contributed by atoms with van der Waals surface area (Å²) in [6, 6.07) is 6.71. The number of carbonyl (C=O) groups is 2. The molecule has 0 radical (unpaired) electrons. The highest BCUT2D eigenvalue weighted by atomic mass is 16.3. The molecule has 0 unspecified atom stereocenters. The zero-order chi connectivity index (χ0) is 13.4. The second kappa shape index (κ2) is 4.50. The molecule has 0 bridgehead atoms. The third-order valence-electron chi connectivity index (χ3n) is 3.71. The standard InChI is InChI=1S/C16H14O3/c17-14-11-8-4-5-9-12(11)15(18)16(19)13(14)10-6-2-1-3-7-10/h4-6,8-9,17H,1-3,7H2. The molecule has 0 heterocycles. The van der Waals surface area contributed by atoms with Crippen LogP contribution in [0.2, 0.25) is 0 Å². The van der Waals surface area contributed by atoms with E-state index in [1.54, 1.807) is 24.3 Å². The van der Waals surface area contributed by atoms with E-state index in [9.17, 15) is 14.7 Å². The molecule has 3 nitrogen and oxygen atoms in total. The Kier molecular flexibility index (Phi) is 2.82. The van der Waals surface area contributed by atoms with Crippen molar-refractivity contribution in [2.45, 2.75) is 25.7 Å². The Morgan fingerprint density at radius 2 is 1.68 bits per heavy atom. The van der Waals surface area contributed by atoms with Crippen molar-refractivity contribution in [3.63, 3.8) is 0 Å². The van der Waals surface area contributed by atoms with Gasteiger partial charge in [-0.1, -0.05) is 30.3 Å². The summed E-state index contributed by atoms with van der Waals surface area (Å²) >= 11 is 0. The van der Waals surface area contributed by atoms with Gasteiger partial charge in [-0.3, -0.25) is 9.59 Å². The van der Waals surface area contributed by atoms with Crippen molar-refractivity contribution >= 4 is 17.3 Å². The van der Waals surface area contributed by atoms with E-state index >= 15 is 0 Å². The van der Waals surface area contributed by atoms with Crippen molar-refractivity contribution < 1.29 is 14.7 Å². The Hall–Kier alpha value is -2.16.